The van der Waals surface area contributed by atoms with Crippen molar-refractivity contribution < 1.29 is 23.9 Å². The predicted octanol–water partition coefficient (Wildman–Crippen LogP) is 4.37. The van der Waals surface area contributed by atoms with Crippen LogP contribution in [0.15, 0.2) is 23.7 Å². The van der Waals surface area contributed by atoms with E-state index in [4.69, 9.17) is 9.47 Å². The molecular weight excluding hydrogens is 442 g/mol. The molecule has 0 spiro atoms. The summed E-state index contributed by atoms with van der Waals surface area (Å²) in [4.78, 5) is 45.8. The minimum absolute atomic E-state index is 0.151. The number of thiazole rings is 1. The van der Waals surface area contributed by atoms with E-state index in [1.54, 1.807) is 56.4 Å². The van der Waals surface area contributed by atoms with Crippen LogP contribution in [0.5, 0.6) is 0 Å². The third kappa shape index (κ3) is 6.01. The number of likely N-dealkylation sites (tertiary alicyclic amines) is 1. The number of hydrogen-bond acceptors (Lipinski definition) is 7. The van der Waals surface area contributed by atoms with Gasteiger partial charge in [0, 0.05) is 26.1 Å². The average Bonchev–Trinajstić information content (AvgIpc) is 3.17. The molecule has 33 heavy (non-hydrogen) atoms. The molecule has 180 valence electrons. The summed E-state index contributed by atoms with van der Waals surface area (Å²) in [6.07, 6.45) is 0.784. The fraction of sp³-hybridized carbons (Fsp3) is 0.583. The van der Waals surface area contributed by atoms with Crippen molar-refractivity contribution >= 4 is 39.5 Å². The third-order valence-corrected chi connectivity index (χ3v) is 6.47. The third-order valence-electron chi connectivity index (χ3n) is 5.66. The van der Waals surface area contributed by atoms with Gasteiger partial charge in [0.2, 0.25) is 5.91 Å². The van der Waals surface area contributed by atoms with Crippen molar-refractivity contribution in [3.05, 3.63) is 29.3 Å². The first kappa shape index (κ1) is 25.0. The molecule has 1 unspecified atom stereocenters. The molecule has 1 aliphatic heterocycles. The van der Waals surface area contributed by atoms with Crippen molar-refractivity contribution in [2.24, 2.45) is 0 Å². The first-order valence-electron chi connectivity index (χ1n) is 11.3. The van der Waals surface area contributed by atoms with Gasteiger partial charge in [0.25, 0.3) is 0 Å². The van der Waals surface area contributed by atoms with Crippen LogP contribution < -0.4 is 0 Å². The van der Waals surface area contributed by atoms with Crippen LogP contribution in [0.1, 0.15) is 59.4 Å². The Morgan fingerprint density at radius 3 is 2.67 bits per heavy atom. The Hall–Kier alpha value is -2.68. The number of nitrogens with zero attached hydrogens (tertiary/aromatic N) is 3. The van der Waals surface area contributed by atoms with E-state index in [-0.39, 0.29) is 18.3 Å². The van der Waals surface area contributed by atoms with E-state index >= 15 is 0 Å². The molecule has 2 amide bonds. The smallest absolute Gasteiger partial charge is 0.411 e. The van der Waals surface area contributed by atoms with Crippen LogP contribution in [0, 0.1) is 0 Å². The predicted molar refractivity (Wildman–Crippen MR) is 127 cm³/mol. The summed E-state index contributed by atoms with van der Waals surface area (Å²) >= 11 is 1.57. The Labute approximate surface area is 198 Å². The molecule has 3 rings (SSSR count). The molecule has 9 heteroatoms. The van der Waals surface area contributed by atoms with Gasteiger partial charge in [-0.2, -0.15) is 0 Å². The topological polar surface area (TPSA) is 89.0 Å². The van der Waals surface area contributed by atoms with Crippen LogP contribution in [0.2, 0.25) is 0 Å². The maximum atomic E-state index is 13.7. The maximum absolute atomic E-state index is 13.7. The van der Waals surface area contributed by atoms with Crippen LogP contribution in [-0.2, 0) is 25.6 Å². The van der Waals surface area contributed by atoms with Crippen LogP contribution >= 0.6 is 11.3 Å². The largest absolute Gasteiger partial charge is 0.466 e. The molecule has 0 bridgehead atoms. The van der Waals surface area contributed by atoms with E-state index in [0.29, 0.717) is 39.1 Å². The van der Waals surface area contributed by atoms with Crippen molar-refractivity contribution in [2.75, 3.05) is 19.7 Å². The van der Waals surface area contributed by atoms with Gasteiger partial charge in [0.05, 0.1) is 22.3 Å². The number of ether oxygens (including phenoxy) is 2. The standard InChI is InChI=1S/C24H33N3O5S/c1-6-31-20(28)8-7-12-26(15-17-9-10-19-18(14-17)25-16-33-19)21(29)24(5)11-13-27(24)22(30)32-23(2,3)4/h9-10,14,16H,6-8,11-13,15H2,1-5H3. The fourth-order valence-electron chi connectivity index (χ4n) is 3.85. The molecule has 0 radical (unpaired) electrons. The normalized spacial score (nSPS) is 18.0. The van der Waals surface area contributed by atoms with E-state index in [1.807, 2.05) is 18.2 Å². The zero-order valence-corrected chi connectivity index (χ0v) is 20.9. The molecule has 1 aliphatic rings. The second-order valence-electron chi connectivity index (χ2n) is 9.45. The number of carbonyl (C=O) groups is 3. The number of rotatable bonds is 8. The minimum Gasteiger partial charge on any atom is -0.466 e. The van der Waals surface area contributed by atoms with Gasteiger partial charge < -0.3 is 14.4 Å². The highest BCUT2D eigenvalue weighted by atomic mass is 32.1. The van der Waals surface area contributed by atoms with E-state index in [2.05, 4.69) is 4.98 Å². The summed E-state index contributed by atoms with van der Waals surface area (Å²) in [5, 5.41) is 0. The Balaban J connectivity index is 1.77. The molecule has 0 saturated carbocycles. The number of hydrogen-bond donors (Lipinski definition) is 0. The molecule has 2 aromatic rings. The number of aromatic nitrogens is 1. The second-order valence-corrected chi connectivity index (χ2v) is 10.3. The Bertz CT molecular complexity index is 1010. The molecule has 0 aliphatic carbocycles. The van der Waals surface area contributed by atoms with E-state index in [0.717, 1.165) is 15.8 Å². The highest BCUT2D eigenvalue weighted by molar-refractivity contribution is 7.16. The summed E-state index contributed by atoms with van der Waals surface area (Å²) in [5.41, 5.74) is 2.02. The second kappa shape index (κ2) is 10.1. The lowest BCUT2D eigenvalue weighted by atomic mass is 9.85. The lowest BCUT2D eigenvalue weighted by Gasteiger charge is -2.50. The molecular formula is C24H33N3O5S. The van der Waals surface area contributed by atoms with Crippen LogP contribution in [0.4, 0.5) is 4.79 Å². The van der Waals surface area contributed by atoms with Crippen LogP contribution in [-0.4, -0.2) is 63.6 Å². The van der Waals surface area contributed by atoms with Gasteiger partial charge in [-0.25, -0.2) is 9.78 Å². The zero-order valence-electron chi connectivity index (χ0n) is 20.1. The molecule has 1 aromatic carbocycles. The van der Waals surface area contributed by atoms with Gasteiger partial charge in [-0.3, -0.25) is 14.5 Å². The van der Waals surface area contributed by atoms with Gasteiger partial charge in [-0.05, 0) is 65.2 Å². The molecule has 1 saturated heterocycles. The van der Waals surface area contributed by atoms with Gasteiger partial charge in [-0.1, -0.05) is 6.07 Å². The lowest BCUT2D eigenvalue weighted by Crippen LogP contribution is -2.68. The fourth-order valence-corrected chi connectivity index (χ4v) is 4.51. The summed E-state index contributed by atoms with van der Waals surface area (Å²) in [6, 6.07) is 5.97. The Kier molecular flexibility index (Phi) is 7.62. The molecule has 0 N–H and O–H groups in total. The molecule has 2 heterocycles. The zero-order chi connectivity index (χ0) is 24.2. The molecule has 1 atom stereocenters. The Morgan fingerprint density at radius 2 is 2.03 bits per heavy atom. The first-order valence-corrected chi connectivity index (χ1v) is 12.2. The van der Waals surface area contributed by atoms with Gasteiger partial charge >= 0.3 is 12.1 Å². The summed E-state index contributed by atoms with van der Waals surface area (Å²) in [6.45, 7) is 10.5. The maximum Gasteiger partial charge on any atom is 0.411 e. The van der Waals surface area contributed by atoms with E-state index in [1.165, 1.54) is 4.90 Å². The Morgan fingerprint density at radius 1 is 1.27 bits per heavy atom. The number of amides is 2. The highest BCUT2D eigenvalue weighted by Gasteiger charge is 2.52. The SMILES string of the molecule is CCOC(=O)CCCN(Cc1ccc2scnc2c1)C(=O)C1(C)CCN1C(=O)OC(C)(C)C. The summed E-state index contributed by atoms with van der Waals surface area (Å²) < 4.78 is 11.6. The van der Waals surface area contributed by atoms with Crippen molar-refractivity contribution in [1.82, 2.24) is 14.8 Å². The van der Waals surface area contributed by atoms with Crippen LogP contribution in [0.25, 0.3) is 10.2 Å². The lowest BCUT2D eigenvalue weighted by molar-refractivity contribution is -0.152. The van der Waals surface area contributed by atoms with Crippen molar-refractivity contribution in [3.63, 3.8) is 0 Å². The van der Waals surface area contributed by atoms with Crippen molar-refractivity contribution in [3.8, 4) is 0 Å². The van der Waals surface area contributed by atoms with Crippen molar-refractivity contribution in [1.29, 1.82) is 0 Å². The minimum atomic E-state index is -0.975. The van der Waals surface area contributed by atoms with Gasteiger partial charge in [0.1, 0.15) is 11.1 Å². The molecule has 1 fully saturated rings. The number of fused-ring (bicyclic) bond motifs is 1. The van der Waals surface area contributed by atoms with Crippen LogP contribution in [0.3, 0.4) is 0 Å². The van der Waals surface area contributed by atoms with E-state index < -0.39 is 17.2 Å². The quantitative estimate of drug-likeness (QED) is 0.527. The number of esters is 1. The van der Waals surface area contributed by atoms with E-state index in [9.17, 15) is 14.4 Å². The number of carbonyl (C=O) groups excluding carboxylic acids is 3. The summed E-state index contributed by atoms with van der Waals surface area (Å²) in [7, 11) is 0. The molecule has 1 aromatic heterocycles. The van der Waals surface area contributed by atoms with Crippen molar-refractivity contribution in [2.45, 2.75) is 71.6 Å². The molecule has 8 nitrogen and oxygen atoms in total. The van der Waals surface area contributed by atoms with Gasteiger partial charge in [0.15, 0.2) is 0 Å². The average molecular weight is 476 g/mol. The monoisotopic (exact) mass is 475 g/mol. The van der Waals surface area contributed by atoms with Gasteiger partial charge in [-0.15, -0.1) is 11.3 Å². The highest BCUT2D eigenvalue weighted by Crippen LogP contribution is 2.34. The summed E-state index contributed by atoms with van der Waals surface area (Å²) in [5.74, 6) is -0.430. The first-order chi connectivity index (χ1) is 15.5. The number of benzene rings is 1.